The Hall–Kier alpha value is -2.35. The average Bonchev–Trinajstić information content (AvgIpc) is 2.96. The Labute approximate surface area is 144 Å². The predicted octanol–water partition coefficient (Wildman–Crippen LogP) is 1.92. The minimum atomic E-state index is -0.333. The molecular weight excluding hydrogens is 328 g/mol. The van der Waals surface area contributed by atoms with Crippen molar-refractivity contribution in [1.29, 1.82) is 0 Å². The fourth-order valence-corrected chi connectivity index (χ4v) is 2.81. The van der Waals surface area contributed by atoms with Gasteiger partial charge in [-0.3, -0.25) is 9.59 Å². The first kappa shape index (κ1) is 18.0. The highest BCUT2D eigenvalue weighted by atomic mass is 32.2. The molecule has 2 N–H and O–H groups in total. The number of carbonyl (C=O) groups excluding carboxylic acids is 2. The lowest BCUT2D eigenvalue weighted by atomic mass is 10.2. The smallest absolute Gasteiger partial charge is 0.254 e. The third kappa shape index (κ3) is 5.38. The number of rotatable bonds is 7. The molecule has 128 valence electrons. The van der Waals surface area contributed by atoms with Gasteiger partial charge in [0.2, 0.25) is 5.91 Å². The third-order valence-electron chi connectivity index (χ3n) is 2.91. The van der Waals surface area contributed by atoms with Crippen LogP contribution >= 0.6 is 11.8 Å². The van der Waals surface area contributed by atoms with Gasteiger partial charge in [-0.25, -0.2) is 4.98 Å². The second kappa shape index (κ2) is 8.49. The standard InChI is InChI=1S/C16H20N4O3S/c1-10(2)19-14(21)8-18-15(22)13-5-4-6-17-16(13)24-9-12-7-11(3)23-20-12/h4-7,10H,8-9H2,1-3H3,(H,18,22)(H,19,21). The van der Waals surface area contributed by atoms with E-state index in [1.165, 1.54) is 11.8 Å². The van der Waals surface area contributed by atoms with E-state index in [2.05, 4.69) is 20.8 Å². The minimum absolute atomic E-state index is 0.0322. The number of hydrogen-bond donors (Lipinski definition) is 2. The number of aryl methyl sites for hydroxylation is 1. The SMILES string of the molecule is Cc1cc(CSc2ncccc2C(=O)NCC(=O)NC(C)C)no1. The van der Waals surface area contributed by atoms with E-state index in [9.17, 15) is 9.59 Å². The molecule has 0 saturated heterocycles. The monoisotopic (exact) mass is 348 g/mol. The zero-order valence-electron chi connectivity index (χ0n) is 13.8. The normalized spacial score (nSPS) is 10.7. The fraction of sp³-hybridized carbons (Fsp3) is 0.375. The number of pyridine rings is 1. The predicted molar refractivity (Wildman–Crippen MR) is 90.6 cm³/mol. The zero-order chi connectivity index (χ0) is 17.5. The van der Waals surface area contributed by atoms with Crippen molar-refractivity contribution in [2.45, 2.75) is 37.6 Å². The Balaban J connectivity index is 1.97. The lowest BCUT2D eigenvalue weighted by molar-refractivity contribution is -0.120. The van der Waals surface area contributed by atoms with Crippen LogP contribution in [0.5, 0.6) is 0 Å². The second-order valence-corrected chi connectivity index (χ2v) is 6.44. The Bertz CT molecular complexity index is 715. The number of amides is 2. The maximum absolute atomic E-state index is 12.3. The van der Waals surface area contributed by atoms with Gasteiger partial charge < -0.3 is 15.2 Å². The van der Waals surface area contributed by atoms with E-state index in [-0.39, 0.29) is 24.4 Å². The molecule has 0 radical (unpaired) electrons. The largest absolute Gasteiger partial charge is 0.361 e. The van der Waals surface area contributed by atoms with Crippen molar-refractivity contribution >= 4 is 23.6 Å². The summed E-state index contributed by atoms with van der Waals surface area (Å²) in [5.74, 6) is 0.721. The van der Waals surface area contributed by atoms with E-state index < -0.39 is 0 Å². The molecule has 8 heteroatoms. The number of thioether (sulfide) groups is 1. The van der Waals surface area contributed by atoms with E-state index in [1.54, 1.807) is 18.3 Å². The summed E-state index contributed by atoms with van der Waals surface area (Å²) >= 11 is 1.39. The molecular formula is C16H20N4O3S. The van der Waals surface area contributed by atoms with Crippen molar-refractivity contribution in [3.63, 3.8) is 0 Å². The molecule has 2 aromatic heterocycles. The number of aromatic nitrogens is 2. The Kier molecular flexibility index (Phi) is 6.36. The van der Waals surface area contributed by atoms with E-state index in [1.807, 2.05) is 26.8 Å². The summed E-state index contributed by atoms with van der Waals surface area (Å²) in [4.78, 5) is 28.2. The molecule has 0 fully saturated rings. The van der Waals surface area contributed by atoms with E-state index in [4.69, 9.17) is 4.52 Å². The lowest BCUT2D eigenvalue weighted by Crippen LogP contribution is -2.39. The number of nitrogens with zero attached hydrogens (tertiary/aromatic N) is 2. The van der Waals surface area contributed by atoms with Crippen LogP contribution in [0.4, 0.5) is 0 Å². The lowest BCUT2D eigenvalue weighted by Gasteiger charge is -2.10. The van der Waals surface area contributed by atoms with Crippen LogP contribution < -0.4 is 10.6 Å². The van der Waals surface area contributed by atoms with E-state index in [0.29, 0.717) is 16.3 Å². The molecule has 2 amide bonds. The van der Waals surface area contributed by atoms with Gasteiger partial charge in [-0.05, 0) is 32.9 Å². The van der Waals surface area contributed by atoms with Gasteiger partial charge >= 0.3 is 0 Å². The van der Waals surface area contributed by atoms with E-state index >= 15 is 0 Å². The summed E-state index contributed by atoms with van der Waals surface area (Å²) in [6.07, 6.45) is 1.62. The van der Waals surface area contributed by atoms with Crippen LogP contribution in [-0.4, -0.2) is 34.5 Å². The molecule has 0 spiro atoms. The highest BCUT2D eigenvalue weighted by Gasteiger charge is 2.14. The van der Waals surface area contributed by atoms with Gasteiger partial charge in [0.25, 0.3) is 5.91 Å². The van der Waals surface area contributed by atoms with Gasteiger partial charge in [-0.15, -0.1) is 0 Å². The summed E-state index contributed by atoms with van der Waals surface area (Å²) < 4.78 is 5.02. The second-order valence-electron chi connectivity index (χ2n) is 5.48. The van der Waals surface area contributed by atoms with Crippen LogP contribution in [0.15, 0.2) is 33.9 Å². The molecule has 0 unspecified atom stereocenters. The van der Waals surface area contributed by atoms with Crippen LogP contribution in [0.25, 0.3) is 0 Å². The fourth-order valence-electron chi connectivity index (χ4n) is 1.94. The molecule has 0 saturated carbocycles. The van der Waals surface area contributed by atoms with Crippen molar-refractivity contribution in [3.8, 4) is 0 Å². The maximum Gasteiger partial charge on any atom is 0.254 e. The highest BCUT2D eigenvalue weighted by Crippen LogP contribution is 2.23. The van der Waals surface area contributed by atoms with Crippen LogP contribution in [0.2, 0.25) is 0 Å². The minimum Gasteiger partial charge on any atom is -0.361 e. The van der Waals surface area contributed by atoms with Crippen molar-refractivity contribution in [1.82, 2.24) is 20.8 Å². The first-order valence-corrected chi connectivity index (χ1v) is 8.52. The molecule has 7 nitrogen and oxygen atoms in total. The molecule has 0 aromatic carbocycles. The molecule has 24 heavy (non-hydrogen) atoms. The quantitative estimate of drug-likeness (QED) is 0.742. The van der Waals surface area contributed by atoms with Gasteiger partial charge in [0.05, 0.1) is 17.8 Å². The molecule has 2 rings (SSSR count). The van der Waals surface area contributed by atoms with Gasteiger partial charge in [0, 0.05) is 24.1 Å². The summed E-state index contributed by atoms with van der Waals surface area (Å²) in [6, 6.07) is 5.24. The van der Waals surface area contributed by atoms with Crippen molar-refractivity contribution in [3.05, 3.63) is 41.4 Å². The Morgan fingerprint density at radius 1 is 1.38 bits per heavy atom. The molecule has 2 heterocycles. The average molecular weight is 348 g/mol. The van der Waals surface area contributed by atoms with Crippen LogP contribution in [-0.2, 0) is 10.5 Å². The molecule has 0 aliphatic carbocycles. The first-order valence-electron chi connectivity index (χ1n) is 7.53. The molecule has 0 atom stereocenters. The molecule has 0 aliphatic rings. The Morgan fingerprint density at radius 3 is 2.83 bits per heavy atom. The van der Waals surface area contributed by atoms with Crippen molar-refractivity contribution in [2.24, 2.45) is 0 Å². The number of hydrogen-bond acceptors (Lipinski definition) is 6. The van der Waals surface area contributed by atoms with Gasteiger partial charge in [0.15, 0.2) is 0 Å². The van der Waals surface area contributed by atoms with Crippen molar-refractivity contribution < 1.29 is 14.1 Å². The first-order chi connectivity index (χ1) is 11.5. The summed E-state index contributed by atoms with van der Waals surface area (Å²) in [5, 5.41) is 9.83. The number of nitrogens with one attached hydrogen (secondary N) is 2. The molecule has 2 aromatic rings. The Morgan fingerprint density at radius 2 is 2.17 bits per heavy atom. The van der Waals surface area contributed by atoms with Gasteiger partial charge in [-0.1, -0.05) is 16.9 Å². The van der Waals surface area contributed by atoms with Gasteiger partial charge in [-0.2, -0.15) is 0 Å². The topological polar surface area (TPSA) is 97.1 Å². The summed E-state index contributed by atoms with van der Waals surface area (Å²) in [7, 11) is 0. The zero-order valence-corrected chi connectivity index (χ0v) is 14.6. The summed E-state index contributed by atoms with van der Waals surface area (Å²) in [5.41, 5.74) is 1.21. The van der Waals surface area contributed by atoms with Crippen LogP contribution in [0.1, 0.15) is 35.7 Å². The third-order valence-corrected chi connectivity index (χ3v) is 3.95. The van der Waals surface area contributed by atoms with Crippen molar-refractivity contribution in [2.75, 3.05) is 6.54 Å². The van der Waals surface area contributed by atoms with Gasteiger partial charge in [0.1, 0.15) is 10.8 Å². The maximum atomic E-state index is 12.3. The van der Waals surface area contributed by atoms with E-state index in [0.717, 1.165) is 11.5 Å². The highest BCUT2D eigenvalue weighted by molar-refractivity contribution is 7.98. The summed E-state index contributed by atoms with van der Waals surface area (Å²) in [6.45, 7) is 5.48. The molecule has 0 bridgehead atoms. The van der Waals surface area contributed by atoms with Crippen LogP contribution in [0, 0.1) is 6.92 Å². The number of carbonyl (C=O) groups is 2. The van der Waals surface area contributed by atoms with Crippen LogP contribution in [0.3, 0.4) is 0 Å². The molecule has 0 aliphatic heterocycles.